The van der Waals surface area contributed by atoms with Crippen LogP contribution in [0.5, 0.6) is 0 Å². The molecule has 138 valence electrons. The Labute approximate surface area is 165 Å². The summed E-state index contributed by atoms with van der Waals surface area (Å²) in [4.78, 5) is 6.80. The molecule has 5 heteroatoms. The lowest BCUT2D eigenvalue weighted by Crippen LogP contribution is -2.29. The van der Waals surface area contributed by atoms with E-state index in [2.05, 4.69) is 82.4 Å². The van der Waals surface area contributed by atoms with Gasteiger partial charge in [-0.15, -0.1) is 0 Å². The molecule has 0 aliphatic carbocycles. The molecule has 0 amide bonds. The monoisotopic (exact) mass is 376 g/mol. The minimum absolute atomic E-state index is 0.00544. The van der Waals surface area contributed by atoms with E-state index >= 15 is 0 Å². The van der Waals surface area contributed by atoms with Gasteiger partial charge in [-0.1, -0.05) is 32.0 Å². The van der Waals surface area contributed by atoms with Gasteiger partial charge in [-0.3, -0.25) is 4.98 Å². The van der Waals surface area contributed by atoms with Crippen molar-refractivity contribution in [3.05, 3.63) is 83.9 Å². The largest absolute Gasteiger partial charge is 0.357 e. The second-order valence-electron chi connectivity index (χ2n) is 7.35. The van der Waals surface area contributed by atoms with Crippen LogP contribution in [0.4, 0.5) is 5.69 Å². The summed E-state index contributed by atoms with van der Waals surface area (Å²) >= 11 is 5.75. The molecule has 0 unspecified atom stereocenters. The maximum Gasteiger partial charge on any atom is 0.174 e. The molecule has 27 heavy (non-hydrogen) atoms. The summed E-state index contributed by atoms with van der Waals surface area (Å²) in [6, 6.07) is 17.0. The molecule has 3 heterocycles. The Kier molecular flexibility index (Phi) is 4.70. The van der Waals surface area contributed by atoms with Crippen molar-refractivity contribution in [3.63, 3.8) is 0 Å². The predicted molar refractivity (Wildman–Crippen MR) is 114 cm³/mol. The van der Waals surface area contributed by atoms with Crippen LogP contribution in [0.25, 0.3) is 0 Å². The fourth-order valence-electron chi connectivity index (χ4n) is 3.69. The molecule has 4 nitrogen and oxygen atoms in total. The number of anilines is 1. The number of hydrogen-bond acceptors (Lipinski definition) is 2. The van der Waals surface area contributed by atoms with Crippen molar-refractivity contribution in [2.75, 3.05) is 4.90 Å². The molecule has 0 spiro atoms. The van der Waals surface area contributed by atoms with E-state index in [1.807, 2.05) is 25.4 Å². The lowest BCUT2D eigenvalue weighted by molar-refractivity contribution is 0.567. The Balaban J connectivity index is 1.78. The third kappa shape index (κ3) is 3.35. The first-order chi connectivity index (χ1) is 13.0. The molecule has 3 aromatic rings. The van der Waals surface area contributed by atoms with Gasteiger partial charge >= 0.3 is 0 Å². The average molecular weight is 377 g/mol. The highest BCUT2D eigenvalue weighted by Gasteiger charge is 2.40. The van der Waals surface area contributed by atoms with Crippen molar-refractivity contribution in [2.45, 2.75) is 31.8 Å². The van der Waals surface area contributed by atoms with Gasteiger partial charge in [-0.25, -0.2) is 0 Å². The minimum Gasteiger partial charge on any atom is -0.357 e. The first-order valence-corrected chi connectivity index (χ1v) is 9.68. The summed E-state index contributed by atoms with van der Waals surface area (Å²) in [5.41, 5.74) is 4.64. The molecular weight excluding hydrogens is 352 g/mol. The van der Waals surface area contributed by atoms with E-state index in [1.165, 1.54) is 11.1 Å². The first kappa shape index (κ1) is 17.7. The maximum atomic E-state index is 5.75. The lowest BCUT2D eigenvalue weighted by Gasteiger charge is -2.27. The number of benzene rings is 1. The maximum absolute atomic E-state index is 5.75. The Morgan fingerprint density at radius 2 is 1.85 bits per heavy atom. The van der Waals surface area contributed by atoms with Crippen molar-refractivity contribution in [1.29, 1.82) is 0 Å². The van der Waals surface area contributed by atoms with Crippen molar-refractivity contribution >= 4 is 23.0 Å². The molecular formula is C22H24N4S. The van der Waals surface area contributed by atoms with Crippen LogP contribution < -0.4 is 10.2 Å². The van der Waals surface area contributed by atoms with Gasteiger partial charge in [-0.05, 0) is 59.6 Å². The van der Waals surface area contributed by atoms with Crippen molar-refractivity contribution in [3.8, 4) is 0 Å². The molecule has 2 aromatic heterocycles. The molecule has 0 bridgehead atoms. The molecule has 1 aliphatic heterocycles. The van der Waals surface area contributed by atoms with Crippen LogP contribution in [-0.4, -0.2) is 14.7 Å². The summed E-state index contributed by atoms with van der Waals surface area (Å²) in [5.74, 6) is 0.508. The zero-order valence-corrected chi connectivity index (χ0v) is 16.6. The Morgan fingerprint density at radius 1 is 1.07 bits per heavy atom. The second kappa shape index (κ2) is 7.16. The molecule has 1 saturated heterocycles. The summed E-state index contributed by atoms with van der Waals surface area (Å²) < 4.78 is 2.08. The summed E-state index contributed by atoms with van der Waals surface area (Å²) in [6.07, 6.45) is 6.07. The van der Waals surface area contributed by atoms with Gasteiger partial charge in [0.1, 0.15) is 0 Å². The van der Waals surface area contributed by atoms with Gasteiger partial charge in [0.15, 0.2) is 5.11 Å². The van der Waals surface area contributed by atoms with Gasteiger partial charge < -0.3 is 14.8 Å². The van der Waals surface area contributed by atoms with Crippen LogP contribution in [0, 0.1) is 0 Å². The van der Waals surface area contributed by atoms with Crippen LogP contribution in [0.3, 0.4) is 0 Å². The van der Waals surface area contributed by atoms with Crippen LogP contribution >= 0.6 is 12.2 Å². The number of pyridine rings is 1. The Bertz CT molecular complexity index is 930. The third-order valence-electron chi connectivity index (χ3n) is 5.13. The first-order valence-electron chi connectivity index (χ1n) is 9.27. The molecule has 0 radical (unpaired) electrons. The quantitative estimate of drug-likeness (QED) is 0.668. The lowest BCUT2D eigenvalue weighted by atomic mass is 9.98. The number of aromatic nitrogens is 2. The van der Waals surface area contributed by atoms with E-state index < -0.39 is 0 Å². The van der Waals surface area contributed by atoms with Gasteiger partial charge in [0, 0.05) is 31.3 Å². The molecule has 4 rings (SSSR count). The number of nitrogens with one attached hydrogen (secondary N) is 1. The van der Waals surface area contributed by atoms with Gasteiger partial charge in [0.25, 0.3) is 0 Å². The third-order valence-corrected chi connectivity index (χ3v) is 5.45. The predicted octanol–water partition coefficient (Wildman–Crippen LogP) is 4.72. The second-order valence-corrected chi connectivity index (χ2v) is 7.74. The smallest absolute Gasteiger partial charge is 0.174 e. The van der Waals surface area contributed by atoms with Crippen LogP contribution in [0.1, 0.15) is 48.7 Å². The number of thiocarbonyl (C=S) groups is 1. The fourth-order valence-corrected chi connectivity index (χ4v) is 4.04. The molecule has 1 aliphatic rings. The Hall–Kier alpha value is -2.66. The zero-order chi connectivity index (χ0) is 19.0. The highest BCUT2D eigenvalue weighted by molar-refractivity contribution is 7.80. The zero-order valence-electron chi connectivity index (χ0n) is 15.8. The number of aryl methyl sites for hydroxylation is 1. The number of nitrogens with zero attached hydrogens (tertiary/aromatic N) is 3. The summed E-state index contributed by atoms with van der Waals surface area (Å²) in [7, 11) is 2.04. The van der Waals surface area contributed by atoms with E-state index in [1.54, 1.807) is 0 Å². The van der Waals surface area contributed by atoms with E-state index in [9.17, 15) is 0 Å². The van der Waals surface area contributed by atoms with E-state index in [0.717, 1.165) is 16.5 Å². The van der Waals surface area contributed by atoms with Crippen LogP contribution in [0.2, 0.25) is 0 Å². The van der Waals surface area contributed by atoms with Crippen molar-refractivity contribution in [2.24, 2.45) is 7.05 Å². The molecule has 2 atom stereocenters. The van der Waals surface area contributed by atoms with E-state index in [4.69, 9.17) is 12.2 Å². The van der Waals surface area contributed by atoms with Crippen molar-refractivity contribution in [1.82, 2.24) is 14.9 Å². The topological polar surface area (TPSA) is 33.1 Å². The standard InChI is InChI=1S/C22H24N4S/c1-15(2)16-7-9-18(10-8-16)26-21(17-11-13-25(3)14-17)20(24-22(26)27)19-6-4-5-12-23-19/h4-15,20-21H,1-3H3,(H,24,27)/t20-,21-/m1/s1. The summed E-state index contributed by atoms with van der Waals surface area (Å²) in [5, 5.41) is 4.23. The molecule has 1 N–H and O–H groups in total. The van der Waals surface area contributed by atoms with Crippen LogP contribution in [-0.2, 0) is 7.05 Å². The molecule has 1 fully saturated rings. The highest BCUT2D eigenvalue weighted by Crippen LogP contribution is 2.41. The average Bonchev–Trinajstić information content (AvgIpc) is 3.25. The normalized spacial score (nSPS) is 19.6. The van der Waals surface area contributed by atoms with Gasteiger partial charge in [-0.2, -0.15) is 0 Å². The molecule has 1 aromatic carbocycles. The van der Waals surface area contributed by atoms with Gasteiger partial charge in [0.05, 0.1) is 17.8 Å². The minimum atomic E-state index is 0.00544. The van der Waals surface area contributed by atoms with Gasteiger partial charge in [0.2, 0.25) is 0 Å². The summed E-state index contributed by atoms with van der Waals surface area (Å²) in [6.45, 7) is 4.42. The van der Waals surface area contributed by atoms with Crippen molar-refractivity contribution < 1.29 is 0 Å². The highest BCUT2D eigenvalue weighted by atomic mass is 32.1. The number of rotatable bonds is 4. The van der Waals surface area contributed by atoms with Crippen LogP contribution in [0.15, 0.2) is 67.1 Å². The fraction of sp³-hybridized carbons (Fsp3) is 0.273. The number of hydrogen-bond donors (Lipinski definition) is 1. The van der Waals surface area contributed by atoms with E-state index in [-0.39, 0.29) is 12.1 Å². The Morgan fingerprint density at radius 3 is 2.44 bits per heavy atom. The molecule has 0 saturated carbocycles. The van der Waals surface area contributed by atoms with E-state index in [0.29, 0.717) is 5.92 Å². The SMILES string of the molecule is CC(C)c1ccc(N2C(=S)N[C@H](c3ccccn3)[C@H]2c2ccn(C)c2)cc1.